The van der Waals surface area contributed by atoms with Crippen molar-refractivity contribution in [2.45, 2.75) is 31.4 Å². The zero-order chi connectivity index (χ0) is 20.9. The number of carboxylic acid groups (broad SMARTS) is 1. The summed E-state index contributed by atoms with van der Waals surface area (Å²) in [5.41, 5.74) is 3.25. The molecule has 0 spiro atoms. The number of benzene rings is 2. The Kier molecular flexibility index (Phi) is 5.98. The number of likely N-dealkylation sites (tertiary alicyclic amines) is 1. The SMILES string of the molecule is O=C(O)[C@@H]1CC(C2=CCC(c3ccccc3)C=C2)CN1C(=O)OCc1ccccc1. The second kappa shape index (κ2) is 8.99. The molecule has 1 fully saturated rings. The van der Waals surface area contributed by atoms with Crippen molar-refractivity contribution in [3.05, 3.63) is 95.6 Å². The molecule has 3 atom stereocenters. The van der Waals surface area contributed by atoms with Crippen LogP contribution in [0.1, 0.15) is 29.9 Å². The Bertz CT molecular complexity index is 952. The predicted molar refractivity (Wildman–Crippen MR) is 114 cm³/mol. The lowest BCUT2D eigenvalue weighted by atomic mass is 9.85. The number of ether oxygens (including phenoxy) is 1. The minimum Gasteiger partial charge on any atom is -0.480 e. The summed E-state index contributed by atoms with van der Waals surface area (Å²) in [5, 5.41) is 9.64. The first-order valence-corrected chi connectivity index (χ1v) is 10.2. The van der Waals surface area contributed by atoms with Gasteiger partial charge in [-0.05, 0) is 29.5 Å². The Labute approximate surface area is 176 Å². The minimum absolute atomic E-state index is 0.00310. The highest BCUT2D eigenvalue weighted by Crippen LogP contribution is 2.35. The first kappa shape index (κ1) is 20.0. The van der Waals surface area contributed by atoms with Crippen LogP contribution in [0.15, 0.2) is 84.5 Å². The van der Waals surface area contributed by atoms with Gasteiger partial charge in [-0.15, -0.1) is 0 Å². The molecular formula is C25H25NO4. The van der Waals surface area contributed by atoms with Crippen molar-refractivity contribution in [2.75, 3.05) is 6.54 Å². The Morgan fingerprint density at radius 2 is 1.73 bits per heavy atom. The van der Waals surface area contributed by atoms with Gasteiger partial charge >= 0.3 is 12.1 Å². The van der Waals surface area contributed by atoms with Crippen molar-refractivity contribution < 1.29 is 19.4 Å². The van der Waals surface area contributed by atoms with Gasteiger partial charge in [0.2, 0.25) is 0 Å². The number of hydrogen-bond donors (Lipinski definition) is 1. The van der Waals surface area contributed by atoms with Crippen molar-refractivity contribution in [1.82, 2.24) is 4.90 Å². The van der Waals surface area contributed by atoms with Gasteiger partial charge in [-0.25, -0.2) is 9.59 Å². The summed E-state index contributed by atoms with van der Waals surface area (Å²) < 4.78 is 5.39. The third-order valence-electron chi connectivity index (χ3n) is 5.85. The summed E-state index contributed by atoms with van der Waals surface area (Å²) in [6.07, 6.45) is 7.15. The monoisotopic (exact) mass is 403 g/mol. The fourth-order valence-corrected chi connectivity index (χ4v) is 4.20. The third-order valence-corrected chi connectivity index (χ3v) is 5.85. The van der Waals surface area contributed by atoms with Crippen molar-refractivity contribution >= 4 is 12.1 Å². The van der Waals surface area contributed by atoms with E-state index in [1.165, 1.54) is 10.5 Å². The van der Waals surface area contributed by atoms with Gasteiger partial charge in [-0.3, -0.25) is 4.90 Å². The number of carboxylic acids is 1. The molecule has 2 unspecified atom stereocenters. The van der Waals surface area contributed by atoms with Crippen LogP contribution in [-0.4, -0.2) is 34.7 Å². The summed E-state index contributed by atoms with van der Waals surface area (Å²) in [6.45, 7) is 0.491. The first-order chi connectivity index (χ1) is 14.6. The normalized spacial score (nSPS) is 23.1. The number of carbonyl (C=O) groups is 2. The molecule has 2 aromatic rings. The maximum Gasteiger partial charge on any atom is 0.410 e. The molecule has 1 amide bonds. The Morgan fingerprint density at radius 1 is 1.03 bits per heavy atom. The molecule has 0 aromatic heterocycles. The number of rotatable bonds is 5. The number of carbonyl (C=O) groups excluding carboxylic acids is 1. The van der Waals surface area contributed by atoms with Crippen LogP contribution in [0, 0.1) is 5.92 Å². The Hall–Kier alpha value is -3.34. The fraction of sp³-hybridized carbons (Fsp3) is 0.280. The van der Waals surface area contributed by atoms with E-state index in [9.17, 15) is 14.7 Å². The van der Waals surface area contributed by atoms with Crippen LogP contribution in [-0.2, 0) is 16.1 Å². The largest absolute Gasteiger partial charge is 0.480 e. The second-order valence-corrected chi connectivity index (χ2v) is 7.80. The number of hydrogen-bond acceptors (Lipinski definition) is 3. The lowest BCUT2D eigenvalue weighted by Gasteiger charge is -2.21. The van der Waals surface area contributed by atoms with E-state index in [2.05, 4.69) is 30.4 Å². The van der Waals surface area contributed by atoms with Crippen LogP contribution >= 0.6 is 0 Å². The molecule has 0 radical (unpaired) electrons. The maximum absolute atomic E-state index is 12.6. The summed E-state index contributed by atoms with van der Waals surface area (Å²) >= 11 is 0. The fourth-order valence-electron chi connectivity index (χ4n) is 4.20. The second-order valence-electron chi connectivity index (χ2n) is 7.80. The molecule has 1 saturated heterocycles. The van der Waals surface area contributed by atoms with Crippen LogP contribution in [0.3, 0.4) is 0 Å². The molecule has 1 N–H and O–H groups in total. The highest BCUT2D eigenvalue weighted by Gasteiger charge is 2.41. The molecule has 2 aromatic carbocycles. The topological polar surface area (TPSA) is 66.8 Å². The Morgan fingerprint density at radius 3 is 2.37 bits per heavy atom. The molecule has 2 aliphatic rings. The quantitative estimate of drug-likeness (QED) is 0.781. The summed E-state index contributed by atoms with van der Waals surface area (Å²) in [6, 6.07) is 18.8. The van der Waals surface area contributed by atoms with Crippen molar-refractivity contribution in [2.24, 2.45) is 5.92 Å². The summed E-state index contributed by atoms with van der Waals surface area (Å²) in [5.74, 6) is -0.654. The molecule has 0 saturated carbocycles. The lowest BCUT2D eigenvalue weighted by molar-refractivity contribution is -0.141. The van der Waals surface area contributed by atoms with Gasteiger partial charge < -0.3 is 9.84 Å². The van der Waals surface area contributed by atoms with Gasteiger partial charge in [0.05, 0.1) is 0 Å². The highest BCUT2D eigenvalue weighted by atomic mass is 16.6. The average molecular weight is 403 g/mol. The van der Waals surface area contributed by atoms with E-state index in [0.29, 0.717) is 18.9 Å². The Balaban J connectivity index is 1.40. The lowest BCUT2D eigenvalue weighted by Crippen LogP contribution is -2.40. The van der Waals surface area contributed by atoms with E-state index in [4.69, 9.17) is 4.74 Å². The van der Waals surface area contributed by atoms with Crippen molar-refractivity contribution in [3.63, 3.8) is 0 Å². The third kappa shape index (κ3) is 4.46. The smallest absolute Gasteiger partial charge is 0.410 e. The summed E-state index contributed by atoms with van der Waals surface area (Å²) in [7, 11) is 0. The number of aliphatic carboxylic acids is 1. The van der Waals surface area contributed by atoms with Crippen LogP contribution < -0.4 is 0 Å². The van der Waals surface area contributed by atoms with Gasteiger partial charge in [-0.2, -0.15) is 0 Å². The van der Waals surface area contributed by atoms with Gasteiger partial charge in [-0.1, -0.05) is 78.9 Å². The number of allylic oxidation sites excluding steroid dienone is 3. The molecule has 5 nitrogen and oxygen atoms in total. The maximum atomic E-state index is 12.6. The van der Waals surface area contributed by atoms with Crippen LogP contribution in [0.25, 0.3) is 0 Å². The van der Waals surface area contributed by atoms with E-state index in [1.54, 1.807) is 0 Å². The molecule has 4 rings (SSSR count). The van der Waals surface area contributed by atoms with Gasteiger partial charge in [0.25, 0.3) is 0 Å². The zero-order valence-corrected chi connectivity index (χ0v) is 16.7. The standard InChI is InChI=1S/C25H25NO4/c27-24(28)23-15-22(16-26(23)25(29)30-17-18-7-3-1-4-8-18)21-13-11-20(12-14-21)19-9-5-2-6-10-19/h1-11,13-14,20,22-23H,12,15-17H2,(H,27,28)/t20?,22?,23-/m0/s1. The number of nitrogens with zero attached hydrogens (tertiary/aromatic N) is 1. The molecule has 1 aliphatic carbocycles. The van der Waals surface area contributed by atoms with Crippen LogP contribution in [0.5, 0.6) is 0 Å². The van der Waals surface area contributed by atoms with Crippen molar-refractivity contribution in [3.8, 4) is 0 Å². The predicted octanol–water partition coefficient (Wildman–Crippen LogP) is 4.77. The molecule has 30 heavy (non-hydrogen) atoms. The zero-order valence-electron chi connectivity index (χ0n) is 16.7. The molecule has 1 aliphatic heterocycles. The van der Waals surface area contributed by atoms with Crippen LogP contribution in [0.2, 0.25) is 0 Å². The van der Waals surface area contributed by atoms with E-state index in [1.807, 2.05) is 48.5 Å². The van der Waals surface area contributed by atoms with Gasteiger partial charge in [0.15, 0.2) is 0 Å². The van der Waals surface area contributed by atoms with Crippen LogP contribution in [0.4, 0.5) is 4.79 Å². The summed E-state index contributed by atoms with van der Waals surface area (Å²) in [4.78, 5) is 25.7. The van der Waals surface area contributed by atoms with Gasteiger partial charge in [0, 0.05) is 18.4 Å². The van der Waals surface area contributed by atoms with Crippen molar-refractivity contribution in [1.29, 1.82) is 0 Å². The van der Waals surface area contributed by atoms with E-state index in [0.717, 1.165) is 17.6 Å². The van der Waals surface area contributed by atoms with E-state index >= 15 is 0 Å². The molecule has 154 valence electrons. The number of amides is 1. The first-order valence-electron chi connectivity index (χ1n) is 10.2. The van der Waals surface area contributed by atoms with E-state index in [-0.39, 0.29) is 12.5 Å². The highest BCUT2D eigenvalue weighted by molar-refractivity contribution is 5.81. The van der Waals surface area contributed by atoms with Gasteiger partial charge in [0.1, 0.15) is 12.6 Å². The molecule has 1 heterocycles. The van der Waals surface area contributed by atoms with E-state index < -0.39 is 18.1 Å². The molecular weight excluding hydrogens is 378 g/mol. The molecule has 0 bridgehead atoms. The average Bonchev–Trinajstić information content (AvgIpc) is 3.25. The minimum atomic E-state index is -0.989. The molecule has 5 heteroatoms.